The van der Waals surface area contributed by atoms with Gasteiger partial charge in [-0.1, -0.05) is 297 Å². The number of hydrogen-bond donors (Lipinski definition) is 0. The van der Waals surface area contributed by atoms with Crippen LogP contribution in [0.3, 0.4) is 0 Å². The Morgan fingerprint density at radius 2 is 0.699 bits per heavy atom. The van der Waals surface area contributed by atoms with Gasteiger partial charge in [0.2, 0.25) is 0 Å². The van der Waals surface area contributed by atoms with Crippen molar-refractivity contribution in [3.05, 3.63) is 69.8 Å². The van der Waals surface area contributed by atoms with E-state index >= 15 is 0 Å². The van der Waals surface area contributed by atoms with Crippen molar-refractivity contribution in [2.24, 2.45) is 126 Å². The van der Waals surface area contributed by atoms with Gasteiger partial charge in [0, 0.05) is 1.37 Å². The highest BCUT2D eigenvalue weighted by Gasteiger charge is 2.57. The molecule has 6 heteroatoms. The molecule has 0 saturated heterocycles. The van der Waals surface area contributed by atoms with E-state index in [2.05, 4.69) is 205 Å². The van der Waals surface area contributed by atoms with Crippen molar-refractivity contribution in [1.29, 1.82) is 0 Å². The van der Waals surface area contributed by atoms with Crippen LogP contribution in [0.2, 0.25) is 0 Å². The first-order valence-electron chi connectivity index (χ1n) is 43.0. The first-order valence-corrected chi connectivity index (χ1v) is 42.5. The molecule has 1 atom stereocenters. The third-order valence-corrected chi connectivity index (χ3v) is 27.2. The van der Waals surface area contributed by atoms with Crippen LogP contribution in [0.1, 0.15) is 405 Å². The van der Waals surface area contributed by atoms with Crippen molar-refractivity contribution in [3.8, 4) is 0 Å². The van der Waals surface area contributed by atoms with Crippen LogP contribution < -0.4 is 0 Å². The third kappa shape index (κ3) is 25.3. The summed E-state index contributed by atoms with van der Waals surface area (Å²) in [6.07, 6.45) is 21.7. The van der Waals surface area contributed by atoms with E-state index in [4.69, 9.17) is 1.37 Å². The van der Waals surface area contributed by atoms with E-state index in [0.717, 1.165) is 98.2 Å². The molecule has 598 valence electrons. The highest BCUT2D eigenvalue weighted by atomic mass is 19.4. The van der Waals surface area contributed by atoms with Gasteiger partial charge in [-0.15, -0.1) is 0 Å². The van der Waals surface area contributed by atoms with Gasteiger partial charge in [-0.05, 0) is 292 Å². The fourth-order valence-corrected chi connectivity index (χ4v) is 22.7. The van der Waals surface area contributed by atoms with Crippen LogP contribution in [0, 0.1) is 126 Å². The fraction of sp³-hybridized carbons (Fsp3) is 0.876. The minimum atomic E-state index is -4.40. The minimum Gasteiger partial charge on any atom is -0.171 e. The Labute approximate surface area is 637 Å². The van der Waals surface area contributed by atoms with Gasteiger partial charge in [0.05, 0.1) is 10.8 Å². The zero-order valence-corrected chi connectivity index (χ0v) is 74.0. The molecule has 0 aliphatic heterocycles. The molecule has 12 fully saturated rings. The molecular formula is C97H168F6. The Hall–Kier alpha value is -1.98. The summed E-state index contributed by atoms with van der Waals surface area (Å²) in [5, 5.41) is 0. The van der Waals surface area contributed by atoms with E-state index in [1.165, 1.54) is 80.9 Å². The second-order valence-corrected chi connectivity index (χ2v) is 47.3. The smallest absolute Gasteiger partial charge is 0.171 e. The highest BCUT2D eigenvalue weighted by molar-refractivity contribution is 5.47. The molecule has 0 amide bonds. The summed E-state index contributed by atoms with van der Waals surface area (Å²) < 4.78 is 89.0. The average Bonchev–Trinajstić information content (AvgIpc) is 0.755. The first kappa shape index (κ1) is 89.9. The summed E-state index contributed by atoms with van der Waals surface area (Å²) in [7, 11) is 0. The van der Waals surface area contributed by atoms with Crippen molar-refractivity contribution in [2.75, 3.05) is 0 Å². The molecular weight excluding hydrogens is 1280 g/mol. The minimum absolute atomic E-state index is 0.111. The van der Waals surface area contributed by atoms with Gasteiger partial charge in [-0.3, -0.25) is 0 Å². The van der Waals surface area contributed by atoms with Crippen LogP contribution in [0.25, 0.3) is 0 Å². The summed E-state index contributed by atoms with van der Waals surface area (Å²) in [4.78, 5) is 0. The van der Waals surface area contributed by atoms with E-state index in [1.54, 1.807) is 88.8 Å². The summed E-state index contributed by atoms with van der Waals surface area (Å²) in [5.41, 5.74) is 5.18. The van der Waals surface area contributed by atoms with Crippen molar-refractivity contribution >= 4 is 0 Å². The summed E-state index contributed by atoms with van der Waals surface area (Å²) in [6.45, 7) is 73.1. The second-order valence-electron chi connectivity index (χ2n) is 47.3. The van der Waals surface area contributed by atoms with Crippen LogP contribution in [-0.2, 0) is 34.5 Å². The number of rotatable bonds is 8. The zero-order valence-electron chi connectivity index (χ0n) is 75.0. The molecule has 0 radical (unpaired) electrons. The van der Waals surface area contributed by atoms with Crippen LogP contribution in [0.15, 0.2) is 36.4 Å². The molecule has 2 aromatic carbocycles. The van der Waals surface area contributed by atoms with Gasteiger partial charge in [-0.2, -0.15) is 26.3 Å². The SMILES string of the molecule is CC(C)(C)C12CC3CC(CC(C3)C1)C2.CC(C)(C)C1C2CC3CC(C2)CC1C3.CC(C)(C)c1c(CC(C)(C)C(F)(F)F)cccc1CC(C)(C)C(F)(F)F.CC(C)(C)c1cccc(C(C)(C)C)c1C(C)(C)C.CCC(C)(C)C.CCCC(CC)CC(C)(C)C.[2H]C1(C(C)(C)C)C2CC3CC(C2)CC1C3. The molecule has 1 unspecified atom stereocenters. The summed E-state index contributed by atoms with van der Waals surface area (Å²) in [5.74, 6) is 13.1. The van der Waals surface area contributed by atoms with E-state index in [9.17, 15) is 26.3 Å². The molecule has 2 aromatic rings. The maximum absolute atomic E-state index is 13.3. The molecule has 12 bridgehead atoms. The van der Waals surface area contributed by atoms with Gasteiger partial charge >= 0.3 is 12.4 Å². The molecule has 0 aromatic heterocycles. The molecule has 12 aliphatic carbocycles. The topological polar surface area (TPSA) is 0 Å². The fourth-order valence-electron chi connectivity index (χ4n) is 22.7. The van der Waals surface area contributed by atoms with Crippen molar-refractivity contribution in [3.63, 3.8) is 0 Å². The van der Waals surface area contributed by atoms with Gasteiger partial charge in [0.25, 0.3) is 0 Å². The molecule has 103 heavy (non-hydrogen) atoms. The lowest BCUT2D eigenvalue weighted by Gasteiger charge is -2.62. The van der Waals surface area contributed by atoms with Gasteiger partial charge in [0.15, 0.2) is 0 Å². The van der Waals surface area contributed by atoms with Crippen LogP contribution in [0.4, 0.5) is 26.3 Å². The Morgan fingerprint density at radius 1 is 0.388 bits per heavy atom. The van der Waals surface area contributed by atoms with Crippen LogP contribution in [-0.4, -0.2) is 12.4 Å². The Kier molecular flexibility index (Phi) is 29.3. The van der Waals surface area contributed by atoms with E-state index in [0.29, 0.717) is 50.2 Å². The first-order chi connectivity index (χ1) is 46.6. The zero-order chi connectivity index (χ0) is 80.0. The van der Waals surface area contributed by atoms with E-state index in [1.807, 2.05) is 20.8 Å². The quantitative estimate of drug-likeness (QED) is 0.231. The van der Waals surface area contributed by atoms with Crippen molar-refractivity contribution in [1.82, 2.24) is 0 Å². The normalized spacial score (nSPS) is 30.2. The Bertz CT molecular complexity index is 2800. The molecule has 0 heterocycles. The maximum Gasteiger partial charge on any atom is 0.394 e. The number of hydrogen-bond acceptors (Lipinski definition) is 0. The largest absolute Gasteiger partial charge is 0.394 e. The van der Waals surface area contributed by atoms with Gasteiger partial charge < -0.3 is 0 Å². The lowest BCUT2D eigenvalue weighted by molar-refractivity contribution is -0.211. The standard InChI is InChI=1S/C20H28F6.C18H30.3C14H24.C11H24.C6H14/c1-16(2,3)15-13(11-17(4,5)19(21,22)23)9-8-10-14(15)12-18(6,7)20(24,25)26;1-16(2,3)13-11-10-12-14(17(4,5)6)15(13)18(7,8)9;1-13(2,3)14-7-10-4-11(8-14)6-12(5-10)9-14;2*1-14(2,3)13-11-5-9-4-10(7-11)8-12(13)6-9;1-6-8-10(7-2)9-11(3,4)5;1-5-6(2,3)4/h8-10H,11-12H2,1-7H3;10-12H,1-9H3;10-12H,4-9H2,1-3H3;2*9-13H,4-8H2,1-3H3;10H,6-9H2,1-5H3;5H2,1-4H3/i;;;13D;;;. The van der Waals surface area contributed by atoms with E-state index < -0.39 is 28.6 Å². The maximum atomic E-state index is 13.3. The molecule has 0 N–H and O–H groups in total. The predicted octanol–water partition coefficient (Wildman–Crippen LogP) is 32.0. The molecule has 0 spiro atoms. The molecule has 12 saturated carbocycles. The molecule has 0 nitrogen and oxygen atoms in total. The molecule has 14 rings (SSSR count). The van der Waals surface area contributed by atoms with Crippen molar-refractivity contribution < 1.29 is 27.7 Å². The highest BCUT2D eigenvalue weighted by Crippen LogP contribution is 2.67. The van der Waals surface area contributed by atoms with Crippen LogP contribution >= 0.6 is 0 Å². The molecule has 12 aliphatic rings. The van der Waals surface area contributed by atoms with E-state index in [-0.39, 0.29) is 40.4 Å². The Balaban J connectivity index is 0.000000225. The number of halogens is 6. The lowest BCUT2D eigenvalue weighted by Crippen LogP contribution is -2.51. The van der Waals surface area contributed by atoms with Gasteiger partial charge in [-0.25, -0.2) is 0 Å². The summed E-state index contributed by atoms with van der Waals surface area (Å²) >= 11 is 0. The third-order valence-electron chi connectivity index (χ3n) is 27.2. The Morgan fingerprint density at radius 3 is 0.942 bits per heavy atom. The number of benzene rings is 2. The lowest BCUT2D eigenvalue weighted by atomic mass is 9.43. The van der Waals surface area contributed by atoms with Crippen molar-refractivity contribution in [2.45, 2.75) is 417 Å². The predicted molar refractivity (Wildman–Crippen MR) is 437 cm³/mol. The summed E-state index contributed by atoms with van der Waals surface area (Å²) in [6, 6.07) is 11.6. The van der Waals surface area contributed by atoms with Crippen LogP contribution in [0.5, 0.6) is 0 Å². The monoisotopic (exact) mass is 1450 g/mol. The van der Waals surface area contributed by atoms with Gasteiger partial charge in [0.1, 0.15) is 0 Å². The average molecular weight is 1450 g/mol. The second kappa shape index (κ2) is 33.5. The number of alkyl halides is 6.